The molecule has 2 heterocycles. The predicted molar refractivity (Wildman–Crippen MR) is 52.4 cm³/mol. The van der Waals surface area contributed by atoms with E-state index in [4.69, 9.17) is 0 Å². The molecule has 0 N–H and O–H groups in total. The van der Waals surface area contributed by atoms with Crippen LogP contribution in [0.1, 0.15) is 12.0 Å². The average molecular weight is 267 g/mol. The van der Waals surface area contributed by atoms with Crippen LogP contribution in [0.25, 0.3) is 0 Å². The molecule has 1 aliphatic rings. The van der Waals surface area contributed by atoms with Crippen molar-refractivity contribution in [3.63, 3.8) is 0 Å². The number of hydrogen-bond donors (Lipinski definition) is 0. The molecule has 66 valence electrons. The summed E-state index contributed by atoms with van der Waals surface area (Å²) in [6.07, 6.45) is 1.66. The van der Waals surface area contributed by atoms with Crippen LogP contribution >= 0.6 is 27.3 Å². The minimum atomic E-state index is -2.97. The van der Waals surface area contributed by atoms with Crippen molar-refractivity contribution in [1.82, 2.24) is 0 Å². The van der Waals surface area contributed by atoms with E-state index in [0.29, 0.717) is 10.6 Å². The van der Waals surface area contributed by atoms with E-state index < -0.39 is 9.84 Å². The monoisotopic (exact) mass is 266 g/mol. The Morgan fingerprint density at radius 1 is 1.50 bits per heavy atom. The normalized spacial score (nSPS) is 20.4. The number of thiophene rings is 1. The van der Waals surface area contributed by atoms with Gasteiger partial charge in [0.2, 0.25) is 0 Å². The molecule has 1 aliphatic heterocycles. The molecule has 0 spiro atoms. The first-order valence-electron chi connectivity index (χ1n) is 3.60. The van der Waals surface area contributed by atoms with Crippen LogP contribution in [0.4, 0.5) is 0 Å². The third kappa shape index (κ3) is 1.24. The summed E-state index contributed by atoms with van der Waals surface area (Å²) in [6.45, 7) is 0. The number of hydrogen-bond acceptors (Lipinski definition) is 3. The molecule has 1 aromatic rings. The highest BCUT2D eigenvalue weighted by Crippen LogP contribution is 2.36. The topological polar surface area (TPSA) is 34.1 Å². The summed E-state index contributed by atoms with van der Waals surface area (Å²) in [4.78, 5) is 0.541. The maximum absolute atomic E-state index is 11.5. The second-order valence-electron chi connectivity index (χ2n) is 2.79. The van der Waals surface area contributed by atoms with E-state index in [0.717, 1.165) is 22.2 Å². The molecule has 1 aromatic heterocycles. The number of aryl methyl sites for hydroxylation is 1. The Balaban J connectivity index is 2.72. The quantitative estimate of drug-likeness (QED) is 0.722. The average Bonchev–Trinajstić information content (AvgIpc) is 2.32. The van der Waals surface area contributed by atoms with Gasteiger partial charge in [0.1, 0.15) is 0 Å². The summed E-state index contributed by atoms with van der Waals surface area (Å²) in [6, 6.07) is 0. The highest BCUT2D eigenvalue weighted by Gasteiger charge is 2.27. The smallest absolute Gasteiger partial charge is 0.180 e. The van der Waals surface area contributed by atoms with Gasteiger partial charge in [-0.05, 0) is 39.7 Å². The van der Waals surface area contributed by atoms with E-state index >= 15 is 0 Å². The lowest BCUT2D eigenvalue weighted by atomic mass is 10.2. The molecular weight excluding hydrogens is 260 g/mol. The lowest BCUT2D eigenvalue weighted by molar-refractivity contribution is 0.587. The van der Waals surface area contributed by atoms with Gasteiger partial charge in [0.25, 0.3) is 0 Å². The van der Waals surface area contributed by atoms with Crippen LogP contribution in [0.15, 0.2) is 14.1 Å². The molecule has 0 aliphatic carbocycles. The molecule has 0 fully saturated rings. The predicted octanol–water partition coefficient (Wildman–Crippen LogP) is 2.23. The van der Waals surface area contributed by atoms with Gasteiger partial charge in [-0.2, -0.15) is 0 Å². The van der Waals surface area contributed by atoms with Crippen molar-refractivity contribution in [2.24, 2.45) is 0 Å². The van der Waals surface area contributed by atoms with Crippen LogP contribution in [-0.4, -0.2) is 14.2 Å². The molecule has 0 saturated carbocycles. The second kappa shape index (κ2) is 2.82. The van der Waals surface area contributed by atoms with Crippen molar-refractivity contribution < 1.29 is 8.42 Å². The maximum Gasteiger partial charge on any atom is 0.180 e. The molecule has 0 atom stereocenters. The Morgan fingerprint density at radius 2 is 2.25 bits per heavy atom. The van der Waals surface area contributed by atoms with Crippen LogP contribution in [0, 0.1) is 0 Å². The van der Waals surface area contributed by atoms with E-state index in [1.54, 1.807) is 0 Å². The van der Waals surface area contributed by atoms with Gasteiger partial charge in [-0.3, -0.25) is 0 Å². The van der Waals surface area contributed by atoms with Crippen molar-refractivity contribution in [1.29, 1.82) is 0 Å². The maximum atomic E-state index is 11.5. The Labute approximate surface area is 83.7 Å². The van der Waals surface area contributed by atoms with Crippen LogP contribution in [0.2, 0.25) is 0 Å². The summed E-state index contributed by atoms with van der Waals surface area (Å²) in [5.74, 6) is 0.301. The number of sulfone groups is 1. The summed E-state index contributed by atoms with van der Waals surface area (Å²) < 4.78 is 23.8. The molecule has 5 heteroatoms. The van der Waals surface area contributed by atoms with E-state index in [-0.39, 0.29) is 0 Å². The van der Waals surface area contributed by atoms with E-state index in [1.807, 2.05) is 5.38 Å². The summed E-state index contributed by atoms with van der Waals surface area (Å²) in [7, 11) is -2.97. The standard InChI is InChI=1S/C7H7BrO2S2/c8-7-6-5(4-11-7)2-1-3-12(6,9)10/h4H,1-3H2. The van der Waals surface area contributed by atoms with Gasteiger partial charge in [-0.15, -0.1) is 11.3 Å². The fourth-order valence-corrected chi connectivity index (χ4v) is 5.53. The minimum Gasteiger partial charge on any atom is -0.224 e. The molecule has 0 bridgehead atoms. The van der Waals surface area contributed by atoms with Crippen LogP contribution in [0.3, 0.4) is 0 Å². The van der Waals surface area contributed by atoms with Gasteiger partial charge in [-0.25, -0.2) is 8.42 Å². The van der Waals surface area contributed by atoms with Crippen LogP contribution in [-0.2, 0) is 16.3 Å². The summed E-state index contributed by atoms with van der Waals surface area (Å²) >= 11 is 4.73. The van der Waals surface area contributed by atoms with E-state index in [2.05, 4.69) is 15.9 Å². The highest BCUT2D eigenvalue weighted by molar-refractivity contribution is 9.11. The number of halogens is 1. The molecule has 2 nitrogen and oxygen atoms in total. The van der Waals surface area contributed by atoms with Gasteiger partial charge < -0.3 is 0 Å². The zero-order chi connectivity index (χ0) is 8.77. The highest BCUT2D eigenvalue weighted by atomic mass is 79.9. The van der Waals surface area contributed by atoms with Gasteiger partial charge >= 0.3 is 0 Å². The summed E-state index contributed by atoms with van der Waals surface area (Å²) in [5, 5.41) is 1.93. The fourth-order valence-electron chi connectivity index (χ4n) is 1.41. The number of rotatable bonds is 0. The molecule has 0 aromatic carbocycles. The van der Waals surface area contributed by atoms with Crippen molar-refractivity contribution in [2.45, 2.75) is 17.7 Å². The van der Waals surface area contributed by atoms with Gasteiger partial charge in [0.05, 0.1) is 14.4 Å². The van der Waals surface area contributed by atoms with Crippen molar-refractivity contribution in [3.05, 3.63) is 14.7 Å². The first kappa shape index (κ1) is 8.72. The molecule has 12 heavy (non-hydrogen) atoms. The Kier molecular flexibility index (Phi) is 2.05. The zero-order valence-electron chi connectivity index (χ0n) is 6.21. The molecular formula is C7H7BrO2S2. The lowest BCUT2D eigenvalue weighted by Gasteiger charge is -2.11. The first-order valence-corrected chi connectivity index (χ1v) is 6.92. The number of fused-ring (bicyclic) bond motifs is 1. The minimum absolute atomic E-state index is 0.301. The lowest BCUT2D eigenvalue weighted by Crippen LogP contribution is -2.14. The van der Waals surface area contributed by atoms with Gasteiger partial charge in [-0.1, -0.05) is 0 Å². The molecule has 0 radical (unpaired) electrons. The molecule has 0 amide bonds. The van der Waals surface area contributed by atoms with E-state index in [9.17, 15) is 8.42 Å². The Morgan fingerprint density at radius 3 is 2.92 bits per heavy atom. The van der Waals surface area contributed by atoms with E-state index in [1.165, 1.54) is 11.3 Å². The summed E-state index contributed by atoms with van der Waals surface area (Å²) in [5.41, 5.74) is 0.984. The molecule has 0 saturated heterocycles. The fraction of sp³-hybridized carbons (Fsp3) is 0.429. The van der Waals surface area contributed by atoms with Gasteiger partial charge in [0, 0.05) is 0 Å². The van der Waals surface area contributed by atoms with Crippen molar-refractivity contribution >= 4 is 37.1 Å². The Hall–Kier alpha value is 0.130. The third-order valence-electron chi connectivity index (χ3n) is 1.95. The van der Waals surface area contributed by atoms with Crippen molar-refractivity contribution in [3.8, 4) is 0 Å². The van der Waals surface area contributed by atoms with Crippen molar-refractivity contribution in [2.75, 3.05) is 5.75 Å². The molecule has 2 rings (SSSR count). The SMILES string of the molecule is O=S1(=O)CCCc2csc(Br)c21. The van der Waals surface area contributed by atoms with Crippen LogP contribution in [0.5, 0.6) is 0 Å². The van der Waals surface area contributed by atoms with Gasteiger partial charge in [0.15, 0.2) is 9.84 Å². The second-order valence-corrected chi connectivity index (χ2v) is 7.03. The zero-order valence-corrected chi connectivity index (χ0v) is 9.43. The van der Waals surface area contributed by atoms with Crippen LogP contribution < -0.4 is 0 Å². The largest absolute Gasteiger partial charge is 0.224 e. The first-order chi connectivity index (χ1) is 5.61. The Bertz CT molecular complexity index is 405. The third-order valence-corrected chi connectivity index (χ3v) is 6.02. The molecule has 0 unspecified atom stereocenters.